The molecule has 0 aliphatic carbocycles. The van der Waals surface area contributed by atoms with Crippen molar-refractivity contribution in [3.8, 4) is 0 Å². The highest BCUT2D eigenvalue weighted by molar-refractivity contribution is 6.42. The van der Waals surface area contributed by atoms with Gasteiger partial charge in [0.15, 0.2) is 0 Å². The number of allylic oxidation sites excluding steroid dienone is 1. The topological polar surface area (TPSA) is 0 Å². The lowest BCUT2D eigenvalue weighted by Gasteiger charge is -2.08. The van der Waals surface area contributed by atoms with Gasteiger partial charge in [0.2, 0.25) is 0 Å². The van der Waals surface area contributed by atoms with Crippen molar-refractivity contribution in [3.05, 3.63) is 12.1 Å². The van der Waals surface area contributed by atoms with Crippen LogP contribution in [-0.2, 0) is 0 Å². The van der Waals surface area contributed by atoms with Gasteiger partial charge in [0.25, 0.3) is 0 Å². The Labute approximate surface area is 45.9 Å². The highest BCUT2D eigenvalue weighted by Crippen LogP contribution is 2.11. The maximum Gasteiger partial charge on any atom is 0.141 e. The fraction of sp³-hybridized carbons (Fsp3) is 0.667. The molecule has 0 N–H and O–H groups in total. The Morgan fingerprint density at radius 3 is 2.86 bits per heavy atom. The van der Waals surface area contributed by atoms with Crippen LogP contribution in [0, 0.1) is 5.92 Å². The summed E-state index contributed by atoms with van der Waals surface area (Å²) in [6.45, 7) is 2.28. The molecule has 1 unspecified atom stereocenters. The predicted octanol–water partition coefficient (Wildman–Crippen LogP) is 1.66. The molecule has 1 heteroatoms. The maximum absolute atomic E-state index is 2.28. The van der Waals surface area contributed by atoms with Gasteiger partial charge in [-0.2, -0.15) is 0 Å². The highest BCUT2D eigenvalue weighted by atomic mass is 14.0. The van der Waals surface area contributed by atoms with Crippen molar-refractivity contribution in [3.63, 3.8) is 0 Å². The molecule has 0 bridgehead atoms. The van der Waals surface area contributed by atoms with Crippen LogP contribution in [0.2, 0.25) is 6.32 Å². The molecule has 0 aromatic rings. The number of hydrogen-bond donors (Lipinski definition) is 0. The smallest absolute Gasteiger partial charge is 0.127 e. The lowest BCUT2D eigenvalue weighted by atomic mass is 9.66. The van der Waals surface area contributed by atoms with E-state index in [1.165, 1.54) is 12.7 Å². The SMILES string of the molecule is CC1C[B]C=CC1. The quantitative estimate of drug-likeness (QED) is 0.399. The summed E-state index contributed by atoms with van der Waals surface area (Å²) in [4.78, 5) is 0. The molecule has 1 atom stereocenters. The molecule has 37 valence electrons. The van der Waals surface area contributed by atoms with Crippen LogP contribution in [0.3, 0.4) is 0 Å². The lowest BCUT2D eigenvalue weighted by molar-refractivity contribution is 0.654. The molecule has 0 aromatic heterocycles. The second-order valence-electron chi connectivity index (χ2n) is 2.24. The van der Waals surface area contributed by atoms with Crippen LogP contribution in [-0.4, -0.2) is 7.28 Å². The van der Waals surface area contributed by atoms with Gasteiger partial charge >= 0.3 is 0 Å². The van der Waals surface area contributed by atoms with Gasteiger partial charge in [0.05, 0.1) is 0 Å². The first-order valence-electron chi connectivity index (χ1n) is 2.88. The van der Waals surface area contributed by atoms with Gasteiger partial charge in [0.1, 0.15) is 7.28 Å². The molecule has 0 saturated carbocycles. The average molecular weight is 93.0 g/mol. The molecule has 1 heterocycles. The molecule has 7 heavy (non-hydrogen) atoms. The zero-order valence-corrected chi connectivity index (χ0v) is 4.72. The van der Waals surface area contributed by atoms with E-state index in [0.29, 0.717) is 0 Å². The number of hydrogen-bond acceptors (Lipinski definition) is 0. The van der Waals surface area contributed by atoms with E-state index < -0.39 is 0 Å². The van der Waals surface area contributed by atoms with Crippen molar-refractivity contribution >= 4 is 7.28 Å². The van der Waals surface area contributed by atoms with E-state index in [1.807, 2.05) is 0 Å². The zero-order valence-electron chi connectivity index (χ0n) is 4.72. The van der Waals surface area contributed by atoms with E-state index in [9.17, 15) is 0 Å². The third-order valence-electron chi connectivity index (χ3n) is 1.35. The molecular weight excluding hydrogens is 82.9 g/mol. The fourth-order valence-electron chi connectivity index (χ4n) is 0.814. The summed E-state index contributed by atoms with van der Waals surface area (Å²) >= 11 is 0. The first kappa shape index (κ1) is 4.95. The standard InChI is InChI=1S/C6H10B/c1-6-3-2-4-7-5-6/h2,4,6H,3,5H2,1H3. The van der Waals surface area contributed by atoms with Gasteiger partial charge in [-0.25, -0.2) is 0 Å². The maximum atomic E-state index is 2.28. The minimum absolute atomic E-state index is 0.894. The van der Waals surface area contributed by atoms with Crippen LogP contribution in [0.15, 0.2) is 12.1 Å². The second-order valence-corrected chi connectivity index (χ2v) is 2.24. The van der Waals surface area contributed by atoms with Crippen LogP contribution in [0.1, 0.15) is 13.3 Å². The summed E-state index contributed by atoms with van der Waals surface area (Å²) < 4.78 is 0. The molecule has 0 aromatic carbocycles. The Balaban J connectivity index is 2.32. The Morgan fingerprint density at radius 2 is 2.57 bits per heavy atom. The zero-order chi connectivity index (χ0) is 5.11. The van der Waals surface area contributed by atoms with Crippen LogP contribution in [0.4, 0.5) is 0 Å². The van der Waals surface area contributed by atoms with Gasteiger partial charge in [-0.1, -0.05) is 19.3 Å². The van der Waals surface area contributed by atoms with Crippen molar-refractivity contribution in [1.29, 1.82) is 0 Å². The predicted molar refractivity (Wildman–Crippen MR) is 33.5 cm³/mol. The third kappa shape index (κ3) is 1.38. The first-order valence-corrected chi connectivity index (χ1v) is 2.88. The molecule has 0 nitrogen and oxygen atoms in total. The molecule has 1 aliphatic rings. The first-order chi connectivity index (χ1) is 3.39. The molecule has 1 radical (unpaired) electrons. The van der Waals surface area contributed by atoms with Crippen LogP contribution in [0.5, 0.6) is 0 Å². The molecule has 0 spiro atoms. The van der Waals surface area contributed by atoms with Crippen LogP contribution in [0.25, 0.3) is 0 Å². The Morgan fingerprint density at radius 1 is 1.71 bits per heavy atom. The Bertz CT molecular complexity index is 76.2. The Hall–Kier alpha value is -0.195. The monoisotopic (exact) mass is 93.1 g/mol. The van der Waals surface area contributed by atoms with Crippen molar-refractivity contribution in [1.82, 2.24) is 0 Å². The van der Waals surface area contributed by atoms with E-state index in [-0.39, 0.29) is 0 Å². The van der Waals surface area contributed by atoms with E-state index in [0.717, 1.165) is 5.92 Å². The normalized spacial score (nSPS) is 29.6. The van der Waals surface area contributed by atoms with E-state index >= 15 is 0 Å². The molecule has 1 rings (SSSR count). The van der Waals surface area contributed by atoms with Crippen molar-refractivity contribution in [2.75, 3.05) is 0 Å². The fourth-order valence-corrected chi connectivity index (χ4v) is 0.814. The van der Waals surface area contributed by atoms with Crippen LogP contribution >= 0.6 is 0 Å². The van der Waals surface area contributed by atoms with Crippen molar-refractivity contribution in [2.45, 2.75) is 19.7 Å². The average Bonchev–Trinajstić information content (AvgIpc) is 1.69. The summed E-state index contributed by atoms with van der Waals surface area (Å²) in [5.74, 6) is 3.05. The van der Waals surface area contributed by atoms with Crippen molar-refractivity contribution in [2.24, 2.45) is 5.92 Å². The minimum Gasteiger partial charge on any atom is -0.127 e. The minimum atomic E-state index is 0.894. The van der Waals surface area contributed by atoms with E-state index in [4.69, 9.17) is 0 Å². The summed E-state index contributed by atoms with van der Waals surface area (Å²) in [6.07, 6.45) is 4.78. The molecule has 0 saturated heterocycles. The van der Waals surface area contributed by atoms with Gasteiger partial charge in [0, 0.05) is 0 Å². The largest absolute Gasteiger partial charge is 0.141 e. The van der Waals surface area contributed by atoms with Gasteiger partial charge in [-0.15, -0.1) is 5.98 Å². The van der Waals surface area contributed by atoms with E-state index in [2.05, 4.69) is 26.3 Å². The van der Waals surface area contributed by atoms with Gasteiger partial charge < -0.3 is 0 Å². The lowest BCUT2D eigenvalue weighted by Crippen LogP contribution is -2.01. The summed E-state index contributed by atoms with van der Waals surface area (Å²) in [5, 5.41) is 0. The summed E-state index contributed by atoms with van der Waals surface area (Å²) in [7, 11) is 2.23. The molecule has 0 fully saturated rings. The third-order valence-corrected chi connectivity index (χ3v) is 1.35. The van der Waals surface area contributed by atoms with E-state index in [1.54, 1.807) is 0 Å². The van der Waals surface area contributed by atoms with Crippen LogP contribution < -0.4 is 0 Å². The summed E-state index contributed by atoms with van der Waals surface area (Å²) in [5.41, 5.74) is 0. The molecular formula is C6H10B. The van der Waals surface area contributed by atoms with Crippen molar-refractivity contribution < 1.29 is 0 Å². The highest BCUT2D eigenvalue weighted by Gasteiger charge is 2.01. The summed E-state index contributed by atoms with van der Waals surface area (Å²) in [6, 6.07) is 0. The molecule has 1 aliphatic heterocycles. The Kier molecular flexibility index (Phi) is 1.56. The van der Waals surface area contributed by atoms with Gasteiger partial charge in [-0.05, 0) is 12.3 Å². The molecule has 0 amide bonds. The van der Waals surface area contributed by atoms with Gasteiger partial charge in [-0.3, -0.25) is 0 Å². The second kappa shape index (κ2) is 2.20. The number of rotatable bonds is 0.